The summed E-state index contributed by atoms with van der Waals surface area (Å²) in [7, 11) is 4.94. The molecular weight excluding hydrogens is 486 g/mol. The second kappa shape index (κ2) is 11.2. The second-order valence-electron chi connectivity index (χ2n) is 9.97. The fourth-order valence-corrected chi connectivity index (χ4v) is 6.31. The van der Waals surface area contributed by atoms with Crippen LogP contribution in [0.1, 0.15) is 51.2 Å². The summed E-state index contributed by atoms with van der Waals surface area (Å²) in [6.07, 6.45) is 3.00. The van der Waals surface area contributed by atoms with Gasteiger partial charge in [0.15, 0.2) is 5.17 Å². The average Bonchev–Trinajstić information content (AvgIpc) is 3.16. The Morgan fingerprint density at radius 1 is 1.14 bits per heavy atom. The third-order valence-electron chi connectivity index (χ3n) is 7.04. The summed E-state index contributed by atoms with van der Waals surface area (Å²) in [5.41, 5.74) is 4.21. The zero-order valence-corrected chi connectivity index (χ0v) is 23.6. The lowest BCUT2D eigenvalue weighted by atomic mass is 9.79. The number of fused-ring (bicyclic) bond motifs is 1. The van der Waals surface area contributed by atoms with E-state index in [2.05, 4.69) is 44.7 Å². The van der Waals surface area contributed by atoms with Gasteiger partial charge in [-0.05, 0) is 86.8 Å². The summed E-state index contributed by atoms with van der Waals surface area (Å²) in [5, 5.41) is 0.627. The molecule has 1 atom stereocenters. The Hall–Kier alpha value is -2.97. The van der Waals surface area contributed by atoms with Crippen LogP contribution in [0.5, 0.6) is 11.5 Å². The van der Waals surface area contributed by atoms with Gasteiger partial charge in [0.2, 0.25) is 0 Å². The van der Waals surface area contributed by atoms with Gasteiger partial charge in [0.1, 0.15) is 11.5 Å². The number of hydrogen-bond donors (Lipinski definition) is 0. The molecule has 0 bridgehead atoms. The van der Waals surface area contributed by atoms with E-state index in [9.17, 15) is 4.79 Å². The Balaban J connectivity index is 1.73. The summed E-state index contributed by atoms with van der Waals surface area (Å²) in [5.74, 6) is 1.83. The zero-order valence-electron chi connectivity index (χ0n) is 22.8. The molecular formula is C29H37N3O4S. The summed E-state index contributed by atoms with van der Waals surface area (Å²) in [6, 6.07) is 11.8. The van der Waals surface area contributed by atoms with Crippen molar-refractivity contribution < 1.29 is 19.0 Å². The fourth-order valence-electron chi connectivity index (χ4n) is 5.29. The molecule has 7 nitrogen and oxygen atoms in total. The van der Waals surface area contributed by atoms with Gasteiger partial charge in [-0.15, -0.1) is 0 Å². The Kier molecular flexibility index (Phi) is 8.19. The van der Waals surface area contributed by atoms with Crippen LogP contribution in [0.25, 0.3) is 6.08 Å². The number of aliphatic imine (C=N–C) groups is 1. The smallest absolute Gasteiger partial charge is 0.266 e. The molecule has 0 aliphatic carbocycles. The van der Waals surface area contributed by atoms with E-state index in [4.69, 9.17) is 19.2 Å². The third kappa shape index (κ3) is 5.50. The topological polar surface area (TPSA) is 63.6 Å². The van der Waals surface area contributed by atoms with Gasteiger partial charge >= 0.3 is 0 Å². The van der Waals surface area contributed by atoms with Crippen molar-refractivity contribution in [2.75, 3.05) is 45.9 Å². The molecule has 37 heavy (non-hydrogen) atoms. The van der Waals surface area contributed by atoms with Crippen molar-refractivity contribution in [1.29, 1.82) is 0 Å². The van der Waals surface area contributed by atoms with Crippen LogP contribution in [-0.4, -0.2) is 62.5 Å². The molecule has 1 saturated heterocycles. The zero-order chi connectivity index (χ0) is 26.7. The predicted molar refractivity (Wildman–Crippen MR) is 152 cm³/mol. The number of benzene rings is 2. The maximum Gasteiger partial charge on any atom is 0.266 e. The molecule has 0 N–H and O–H groups in total. The monoisotopic (exact) mass is 523 g/mol. The van der Waals surface area contributed by atoms with E-state index in [1.54, 1.807) is 26.2 Å². The van der Waals surface area contributed by atoms with Crippen LogP contribution >= 0.6 is 11.8 Å². The molecule has 0 radical (unpaired) electrons. The van der Waals surface area contributed by atoms with Crippen molar-refractivity contribution in [1.82, 2.24) is 4.90 Å². The van der Waals surface area contributed by atoms with Crippen molar-refractivity contribution in [3.8, 4) is 11.5 Å². The number of carbonyl (C=O) groups excluding carboxylic acids is 1. The van der Waals surface area contributed by atoms with Crippen molar-refractivity contribution in [3.63, 3.8) is 0 Å². The third-order valence-corrected chi connectivity index (χ3v) is 8.05. The minimum absolute atomic E-state index is 0.0676. The summed E-state index contributed by atoms with van der Waals surface area (Å²) in [6.45, 7) is 10.8. The number of amidine groups is 1. The predicted octanol–water partition coefficient (Wildman–Crippen LogP) is 6.07. The van der Waals surface area contributed by atoms with Crippen molar-refractivity contribution in [3.05, 3.63) is 52.4 Å². The highest BCUT2D eigenvalue weighted by Crippen LogP contribution is 2.46. The Labute approximate surface area is 224 Å². The van der Waals surface area contributed by atoms with Gasteiger partial charge in [-0.3, -0.25) is 9.69 Å². The molecule has 2 aliphatic rings. The van der Waals surface area contributed by atoms with E-state index in [0.29, 0.717) is 29.1 Å². The molecule has 8 heteroatoms. The van der Waals surface area contributed by atoms with Crippen LogP contribution in [0.4, 0.5) is 11.4 Å². The lowest BCUT2D eigenvalue weighted by Crippen LogP contribution is -2.48. The maximum absolute atomic E-state index is 13.5. The number of ether oxygens (including phenoxy) is 3. The Bertz CT molecular complexity index is 1210. The quantitative estimate of drug-likeness (QED) is 0.392. The first-order chi connectivity index (χ1) is 17.7. The van der Waals surface area contributed by atoms with E-state index in [1.165, 1.54) is 23.0 Å². The lowest BCUT2D eigenvalue weighted by Gasteiger charge is -2.47. The van der Waals surface area contributed by atoms with Crippen LogP contribution in [0.15, 0.2) is 46.3 Å². The van der Waals surface area contributed by atoms with Gasteiger partial charge < -0.3 is 19.1 Å². The molecule has 0 aromatic heterocycles. The normalized spacial score (nSPS) is 21.1. The number of hydrogen-bond acceptors (Lipinski definition) is 7. The van der Waals surface area contributed by atoms with Gasteiger partial charge in [-0.2, -0.15) is 0 Å². The minimum Gasteiger partial charge on any atom is -0.497 e. The number of rotatable bonds is 8. The summed E-state index contributed by atoms with van der Waals surface area (Å²) >= 11 is 1.37. The van der Waals surface area contributed by atoms with Gasteiger partial charge in [0.05, 0.1) is 38.0 Å². The number of amides is 1. The van der Waals surface area contributed by atoms with E-state index in [0.717, 1.165) is 35.7 Å². The molecule has 1 unspecified atom stereocenters. The van der Waals surface area contributed by atoms with Crippen LogP contribution < -0.4 is 14.4 Å². The largest absolute Gasteiger partial charge is 0.497 e. The summed E-state index contributed by atoms with van der Waals surface area (Å²) in [4.78, 5) is 23.0. The Morgan fingerprint density at radius 3 is 2.49 bits per heavy atom. The average molecular weight is 524 g/mol. The number of nitrogens with zero attached hydrogens (tertiary/aromatic N) is 3. The van der Waals surface area contributed by atoms with Crippen molar-refractivity contribution in [2.45, 2.75) is 45.6 Å². The van der Waals surface area contributed by atoms with E-state index < -0.39 is 0 Å². The highest BCUT2D eigenvalue weighted by atomic mass is 32.2. The first-order valence-corrected chi connectivity index (χ1v) is 13.5. The van der Waals surface area contributed by atoms with Crippen LogP contribution in [0.2, 0.25) is 0 Å². The number of carbonyl (C=O) groups is 1. The molecule has 198 valence electrons. The van der Waals surface area contributed by atoms with Crippen LogP contribution in [-0.2, 0) is 9.53 Å². The van der Waals surface area contributed by atoms with Crippen molar-refractivity contribution in [2.24, 2.45) is 4.99 Å². The highest BCUT2D eigenvalue weighted by Gasteiger charge is 2.37. The van der Waals surface area contributed by atoms with Gasteiger partial charge in [0, 0.05) is 36.5 Å². The number of anilines is 1. The first kappa shape index (κ1) is 27.1. The minimum atomic E-state index is -0.0848. The SMILES string of the molecule is CCN1c2cc(OC)c(/C=C3/SC(=Nc4ccc(OC)cc4)N(CCOC)C3=O)cc2C(C)CC1(C)C. The maximum atomic E-state index is 13.5. The standard InChI is InChI=1S/C29H37N3O4S/c1-8-32-24-17-25(36-7)20(15-23(24)19(2)18-29(32,3)4)16-26-27(33)31(13-14-34-5)28(37-26)30-21-9-11-22(35-6)12-10-21/h9-12,15-17,19H,8,13-14,18H2,1-7H3/b26-16+,30-28?. The van der Waals surface area contributed by atoms with Gasteiger partial charge in [-0.25, -0.2) is 4.99 Å². The van der Waals surface area contributed by atoms with Crippen LogP contribution in [0, 0.1) is 0 Å². The Morgan fingerprint density at radius 2 is 1.86 bits per heavy atom. The first-order valence-electron chi connectivity index (χ1n) is 12.6. The van der Waals surface area contributed by atoms with Crippen molar-refractivity contribution >= 4 is 40.3 Å². The van der Waals surface area contributed by atoms with Gasteiger partial charge in [0.25, 0.3) is 5.91 Å². The molecule has 1 fully saturated rings. The molecule has 0 spiro atoms. The number of methoxy groups -OCH3 is 3. The van der Waals surface area contributed by atoms with E-state index >= 15 is 0 Å². The molecule has 2 heterocycles. The molecule has 2 aromatic carbocycles. The highest BCUT2D eigenvalue weighted by molar-refractivity contribution is 8.18. The lowest BCUT2D eigenvalue weighted by molar-refractivity contribution is -0.122. The number of thioether (sulfide) groups is 1. The molecule has 0 saturated carbocycles. The summed E-state index contributed by atoms with van der Waals surface area (Å²) < 4.78 is 16.3. The molecule has 2 aliphatic heterocycles. The molecule has 2 aromatic rings. The molecule has 4 rings (SSSR count). The van der Waals surface area contributed by atoms with Crippen LogP contribution in [0.3, 0.4) is 0 Å². The van der Waals surface area contributed by atoms with E-state index in [-0.39, 0.29) is 11.4 Å². The van der Waals surface area contributed by atoms with Gasteiger partial charge in [-0.1, -0.05) is 6.92 Å². The fraction of sp³-hybridized carbons (Fsp3) is 0.448. The van der Waals surface area contributed by atoms with E-state index in [1.807, 2.05) is 30.3 Å². The molecule has 1 amide bonds. The second-order valence-corrected chi connectivity index (χ2v) is 11.0.